The molecule has 0 bridgehead atoms. The quantitative estimate of drug-likeness (QED) is 0.876. The van der Waals surface area contributed by atoms with E-state index in [9.17, 15) is 9.59 Å². The average molecular weight is 338 g/mol. The molecule has 1 aliphatic carbocycles. The van der Waals surface area contributed by atoms with Crippen molar-refractivity contribution in [2.75, 3.05) is 17.7 Å². The van der Waals surface area contributed by atoms with Crippen molar-refractivity contribution in [2.45, 2.75) is 20.3 Å². The highest BCUT2D eigenvalue weighted by atomic mass is 16.5. The van der Waals surface area contributed by atoms with Crippen LogP contribution in [0.25, 0.3) is 0 Å². The molecule has 2 aromatic rings. The smallest absolute Gasteiger partial charge is 0.228 e. The molecule has 0 spiro atoms. The summed E-state index contributed by atoms with van der Waals surface area (Å²) in [5, 5.41) is 5.76. The summed E-state index contributed by atoms with van der Waals surface area (Å²) >= 11 is 0. The van der Waals surface area contributed by atoms with E-state index < -0.39 is 0 Å². The predicted octanol–water partition coefficient (Wildman–Crippen LogP) is 3.53. The normalized spacial score (nSPS) is 18.4. The first-order valence-electron chi connectivity index (χ1n) is 8.31. The topological polar surface area (TPSA) is 67.4 Å². The van der Waals surface area contributed by atoms with Gasteiger partial charge in [-0.25, -0.2) is 0 Å². The molecule has 0 saturated heterocycles. The number of rotatable bonds is 5. The molecular weight excluding hydrogens is 316 g/mol. The first-order valence-corrected chi connectivity index (χ1v) is 8.31. The molecule has 0 aliphatic heterocycles. The van der Waals surface area contributed by atoms with Crippen LogP contribution < -0.4 is 15.4 Å². The third kappa shape index (κ3) is 3.99. The summed E-state index contributed by atoms with van der Waals surface area (Å²) in [5.74, 6) is -0.220. The van der Waals surface area contributed by atoms with Crippen LogP contribution in [-0.2, 0) is 9.59 Å². The van der Waals surface area contributed by atoms with E-state index in [2.05, 4.69) is 10.6 Å². The predicted molar refractivity (Wildman–Crippen MR) is 97.8 cm³/mol. The van der Waals surface area contributed by atoms with E-state index >= 15 is 0 Å². The number of benzene rings is 2. The van der Waals surface area contributed by atoms with Gasteiger partial charge in [-0.2, -0.15) is 0 Å². The molecule has 5 heteroatoms. The maximum Gasteiger partial charge on any atom is 0.228 e. The summed E-state index contributed by atoms with van der Waals surface area (Å²) in [6.07, 6.45) is 0.567. The van der Waals surface area contributed by atoms with Crippen molar-refractivity contribution in [2.24, 2.45) is 11.8 Å². The van der Waals surface area contributed by atoms with Crippen molar-refractivity contribution < 1.29 is 14.3 Å². The number of nitrogens with one attached hydrogen (secondary N) is 2. The van der Waals surface area contributed by atoms with Crippen LogP contribution in [0.15, 0.2) is 42.5 Å². The molecule has 0 aromatic heterocycles. The summed E-state index contributed by atoms with van der Waals surface area (Å²) in [6.45, 7) is 3.92. The molecule has 25 heavy (non-hydrogen) atoms. The molecule has 2 unspecified atom stereocenters. The number of ether oxygens (including phenoxy) is 1. The highest BCUT2D eigenvalue weighted by molar-refractivity contribution is 6.03. The van der Waals surface area contributed by atoms with Crippen molar-refractivity contribution in [1.82, 2.24) is 0 Å². The minimum atomic E-state index is -0.296. The average Bonchev–Trinajstić information content (AvgIpc) is 3.36. The van der Waals surface area contributed by atoms with Crippen LogP contribution in [0.3, 0.4) is 0 Å². The number of carbonyl (C=O) groups excluding carboxylic acids is 2. The fourth-order valence-electron chi connectivity index (χ4n) is 2.88. The van der Waals surface area contributed by atoms with E-state index in [-0.39, 0.29) is 23.7 Å². The van der Waals surface area contributed by atoms with Crippen LogP contribution in [0, 0.1) is 25.7 Å². The van der Waals surface area contributed by atoms with Gasteiger partial charge >= 0.3 is 0 Å². The number of methoxy groups -OCH3 is 1. The Balaban J connectivity index is 1.60. The zero-order valence-corrected chi connectivity index (χ0v) is 14.6. The molecule has 2 amide bonds. The molecule has 1 aliphatic rings. The monoisotopic (exact) mass is 338 g/mol. The van der Waals surface area contributed by atoms with Gasteiger partial charge in [0, 0.05) is 5.69 Å². The second kappa shape index (κ2) is 6.97. The second-order valence-electron chi connectivity index (χ2n) is 6.50. The molecule has 0 heterocycles. The number of anilines is 2. The largest absolute Gasteiger partial charge is 0.495 e. The van der Waals surface area contributed by atoms with E-state index in [4.69, 9.17) is 4.74 Å². The molecule has 2 aromatic carbocycles. The molecule has 1 saturated carbocycles. The van der Waals surface area contributed by atoms with Gasteiger partial charge in [-0.15, -0.1) is 0 Å². The Bertz CT molecular complexity index is 816. The molecule has 3 rings (SSSR count). The van der Waals surface area contributed by atoms with Gasteiger partial charge in [0.05, 0.1) is 24.6 Å². The van der Waals surface area contributed by atoms with Gasteiger partial charge < -0.3 is 15.4 Å². The zero-order valence-electron chi connectivity index (χ0n) is 14.6. The van der Waals surface area contributed by atoms with Gasteiger partial charge in [-0.05, 0) is 55.7 Å². The van der Waals surface area contributed by atoms with Gasteiger partial charge in [0.1, 0.15) is 5.75 Å². The van der Waals surface area contributed by atoms with Crippen molar-refractivity contribution in [3.8, 4) is 5.75 Å². The van der Waals surface area contributed by atoms with Crippen molar-refractivity contribution in [3.05, 3.63) is 53.6 Å². The minimum absolute atomic E-state index is 0.109. The van der Waals surface area contributed by atoms with Crippen molar-refractivity contribution in [1.29, 1.82) is 0 Å². The Morgan fingerprint density at radius 1 is 0.960 bits per heavy atom. The number of hydrogen-bond donors (Lipinski definition) is 2. The van der Waals surface area contributed by atoms with Crippen LogP contribution >= 0.6 is 0 Å². The highest BCUT2D eigenvalue weighted by Crippen LogP contribution is 2.41. The fourth-order valence-corrected chi connectivity index (χ4v) is 2.88. The summed E-state index contributed by atoms with van der Waals surface area (Å²) < 4.78 is 5.27. The summed E-state index contributed by atoms with van der Waals surface area (Å²) in [5.41, 5.74) is 3.50. The third-order valence-corrected chi connectivity index (χ3v) is 4.36. The van der Waals surface area contributed by atoms with Gasteiger partial charge in [0.25, 0.3) is 0 Å². The Morgan fingerprint density at radius 3 is 2.32 bits per heavy atom. The number of carbonyl (C=O) groups is 2. The molecule has 130 valence electrons. The second-order valence-corrected chi connectivity index (χ2v) is 6.50. The van der Waals surface area contributed by atoms with Crippen molar-refractivity contribution >= 4 is 23.2 Å². The number of amides is 2. The number of hydrogen-bond acceptors (Lipinski definition) is 3. The van der Waals surface area contributed by atoms with Crippen LogP contribution in [0.1, 0.15) is 17.5 Å². The molecule has 5 nitrogen and oxygen atoms in total. The maximum absolute atomic E-state index is 12.4. The first kappa shape index (κ1) is 17.0. The highest BCUT2D eigenvalue weighted by Gasteiger charge is 2.48. The lowest BCUT2D eigenvalue weighted by atomic mass is 10.2. The Labute approximate surface area is 147 Å². The summed E-state index contributed by atoms with van der Waals surface area (Å²) in [7, 11) is 1.57. The van der Waals surface area contributed by atoms with E-state index in [1.165, 1.54) is 0 Å². The van der Waals surface area contributed by atoms with Crippen molar-refractivity contribution in [3.63, 3.8) is 0 Å². The summed E-state index contributed by atoms with van der Waals surface area (Å²) in [6, 6.07) is 13.2. The van der Waals surface area contributed by atoms with Crippen LogP contribution in [0.4, 0.5) is 11.4 Å². The van der Waals surface area contributed by atoms with Crippen LogP contribution in [0.5, 0.6) is 5.75 Å². The van der Waals surface area contributed by atoms with E-state index in [1.54, 1.807) is 7.11 Å². The lowest BCUT2D eigenvalue weighted by molar-refractivity contribution is -0.122. The number of aryl methyl sites for hydroxylation is 2. The molecule has 0 radical (unpaired) electrons. The Kier molecular flexibility index (Phi) is 4.74. The standard InChI is InChI=1S/C20H22N2O3/c1-12-5-4-6-14(9-12)21-19(23)15-11-16(15)20(24)22-17-10-13(2)7-8-18(17)25-3/h4-10,15-16H,11H2,1-3H3,(H,21,23)(H,22,24). The van der Waals surface area contributed by atoms with Gasteiger partial charge in [0.15, 0.2) is 0 Å². The van der Waals surface area contributed by atoms with E-state index in [1.807, 2.05) is 56.3 Å². The SMILES string of the molecule is COc1ccc(C)cc1NC(=O)C1CC1C(=O)Nc1cccc(C)c1. The van der Waals surface area contributed by atoms with Crippen LogP contribution in [0.2, 0.25) is 0 Å². The Hall–Kier alpha value is -2.82. The summed E-state index contributed by atoms with van der Waals surface area (Å²) in [4.78, 5) is 24.7. The zero-order chi connectivity index (χ0) is 18.0. The Morgan fingerprint density at radius 2 is 1.64 bits per heavy atom. The maximum atomic E-state index is 12.4. The fraction of sp³-hybridized carbons (Fsp3) is 0.300. The van der Waals surface area contributed by atoms with Gasteiger partial charge in [-0.1, -0.05) is 18.2 Å². The lowest BCUT2D eigenvalue weighted by Crippen LogP contribution is -2.20. The van der Waals surface area contributed by atoms with E-state index in [0.717, 1.165) is 16.8 Å². The van der Waals surface area contributed by atoms with Crippen LogP contribution in [-0.4, -0.2) is 18.9 Å². The lowest BCUT2D eigenvalue weighted by Gasteiger charge is -2.11. The molecular formula is C20H22N2O3. The molecule has 1 fully saturated rings. The van der Waals surface area contributed by atoms with Gasteiger partial charge in [0.2, 0.25) is 11.8 Å². The molecule has 2 atom stereocenters. The molecule has 2 N–H and O–H groups in total. The third-order valence-electron chi connectivity index (χ3n) is 4.36. The first-order chi connectivity index (χ1) is 12.0. The van der Waals surface area contributed by atoms with Gasteiger partial charge in [-0.3, -0.25) is 9.59 Å². The minimum Gasteiger partial charge on any atom is -0.495 e. The van der Waals surface area contributed by atoms with E-state index in [0.29, 0.717) is 17.9 Å².